The van der Waals surface area contributed by atoms with Crippen LogP contribution in [0.5, 0.6) is 0 Å². The SMILES string of the molecule is CCCCCNC(=O)c1cc(-c2ccc(C)c(C)c2)nn1-c1ccc(F)cc1. The van der Waals surface area contributed by atoms with Crippen LogP contribution in [0.1, 0.15) is 47.8 Å². The van der Waals surface area contributed by atoms with E-state index in [1.165, 1.54) is 23.3 Å². The Morgan fingerprint density at radius 3 is 2.46 bits per heavy atom. The highest BCUT2D eigenvalue weighted by Crippen LogP contribution is 2.24. The summed E-state index contributed by atoms with van der Waals surface area (Å²) in [7, 11) is 0. The first-order valence-corrected chi connectivity index (χ1v) is 9.71. The normalized spacial score (nSPS) is 10.9. The summed E-state index contributed by atoms with van der Waals surface area (Å²) < 4.78 is 14.9. The summed E-state index contributed by atoms with van der Waals surface area (Å²) in [5, 5.41) is 7.62. The number of carbonyl (C=O) groups excluding carboxylic acids is 1. The predicted octanol–water partition coefficient (Wildman–Crippen LogP) is 5.22. The Hall–Kier alpha value is -2.95. The molecule has 2 aromatic carbocycles. The molecular weight excluding hydrogens is 353 g/mol. The maximum absolute atomic E-state index is 13.3. The van der Waals surface area contributed by atoms with Crippen LogP contribution in [0.25, 0.3) is 16.9 Å². The Balaban J connectivity index is 1.98. The van der Waals surface area contributed by atoms with Crippen molar-refractivity contribution >= 4 is 5.91 Å². The summed E-state index contributed by atoms with van der Waals surface area (Å²) in [6, 6.07) is 13.9. The van der Waals surface area contributed by atoms with Crippen LogP contribution in [0, 0.1) is 19.7 Å². The number of halogens is 1. The molecule has 3 aromatic rings. The lowest BCUT2D eigenvalue weighted by atomic mass is 10.0. The van der Waals surface area contributed by atoms with Gasteiger partial charge in [0.15, 0.2) is 0 Å². The van der Waals surface area contributed by atoms with Crippen molar-refractivity contribution in [2.24, 2.45) is 0 Å². The van der Waals surface area contributed by atoms with Gasteiger partial charge in [0.25, 0.3) is 5.91 Å². The van der Waals surface area contributed by atoms with Crippen LogP contribution in [-0.2, 0) is 0 Å². The minimum absolute atomic E-state index is 0.178. The summed E-state index contributed by atoms with van der Waals surface area (Å²) >= 11 is 0. The van der Waals surface area contributed by atoms with E-state index in [0.717, 1.165) is 24.8 Å². The lowest BCUT2D eigenvalue weighted by molar-refractivity contribution is 0.0945. The highest BCUT2D eigenvalue weighted by atomic mass is 19.1. The molecule has 4 nitrogen and oxygen atoms in total. The zero-order valence-corrected chi connectivity index (χ0v) is 16.6. The second kappa shape index (κ2) is 8.83. The van der Waals surface area contributed by atoms with Crippen LogP contribution in [-0.4, -0.2) is 22.2 Å². The molecule has 0 saturated heterocycles. The fourth-order valence-electron chi connectivity index (χ4n) is 3.03. The molecule has 1 amide bonds. The minimum atomic E-state index is -0.323. The van der Waals surface area contributed by atoms with Crippen LogP contribution in [0.2, 0.25) is 0 Å². The van der Waals surface area contributed by atoms with Gasteiger partial charge in [-0.25, -0.2) is 9.07 Å². The van der Waals surface area contributed by atoms with Crippen LogP contribution in [0.15, 0.2) is 48.5 Å². The van der Waals surface area contributed by atoms with E-state index in [2.05, 4.69) is 37.3 Å². The Bertz CT molecular complexity index is 960. The number of aryl methyl sites for hydroxylation is 2. The van der Waals surface area contributed by atoms with E-state index in [4.69, 9.17) is 0 Å². The molecule has 1 aromatic heterocycles. The van der Waals surface area contributed by atoms with E-state index in [0.29, 0.717) is 23.6 Å². The quantitative estimate of drug-likeness (QED) is 0.573. The van der Waals surface area contributed by atoms with Crippen molar-refractivity contribution in [3.63, 3.8) is 0 Å². The lowest BCUT2D eigenvalue weighted by Crippen LogP contribution is -2.26. The van der Waals surface area contributed by atoms with Crippen molar-refractivity contribution in [2.75, 3.05) is 6.54 Å². The van der Waals surface area contributed by atoms with Gasteiger partial charge in [-0.1, -0.05) is 31.9 Å². The van der Waals surface area contributed by atoms with Gasteiger partial charge >= 0.3 is 0 Å². The van der Waals surface area contributed by atoms with Crippen molar-refractivity contribution in [1.82, 2.24) is 15.1 Å². The number of amides is 1. The van der Waals surface area contributed by atoms with Crippen LogP contribution in [0.4, 0.5) is 4.39 Å². The second-order valence-corrected chi connectivity index (χ2v) is 7.07. The zero-order valence-electron chi connectivity index (χ0n) is 16.6. The molecule has 0 aliphatic rings. The van der Waals surface area contributed by atoms with E-state index < -0.39 is 0 Å². The van der Waals surface area contributed by atoms with Crippen molar-refractivity contribution in [2.45, 2.75) is 40.0 Å². The largest absolute Gasteiger partial charge is 0.351 e. The smallest absolute Gasteiger partial charge is 0.270 e. The Morgan fingerprint density at radius 1 is 1.04 bits per heavy atom. The molecule has 0 bridgehead atoms. The molecule has 0 saturated carbocycles. The molecule has 0 radical (unpaired) electrons. The van der Waals surface area contributed by atoms with Gasteiger partial charge in [-0.2, -0.15) is 5.10 Å². The fourth-order valence-corrected chi connectivity index (χ4v) is 3.03. The summed E-state index contributed by atoms with van der Waals surface area (Å²) in [6.45, 7) is 6.87. The average Bonchev–Trinajstić information content (AvgIpc) is 3.13. The van der Waals surface area contributed by atoms with Gasteiger partial charge < -0.3 is 5.32 Å². The van der Waals surface area contributed by atoms with Crippen LogP contribution in [0.3, 0.4) is 0 Å². The standard InChI is InChI=1S/C23H26FN3O/c1-4-5-6-13-25-23(28)22-15-21(18-8-7-16(2)17(3)14-18)26-27(22)20-11-9-19(24)10-12-20/h7-12,14-15H,4-6,13H2,1-3H3,(H,25,28). The topological polar surface area (TPSA) is 46.9 Å². The van der Waals surface area contributed by atoms with Gasteiger partial charge in [-0.05, 0) is 67.8 Å². The minimum Gasteiger partial charge on any atom is -0.351 e. The molecule has 1 heterocycles. The second-order valence-electron chi connectivity index (χ2n) is 7.07. The molecule has 28 heavy (non-hydrogen) atoms. The maximum Gasteiger partial charge on any atom is 0.270 e. The average molecular weight is 379 g/mol. The number of hydrogen-bond donors (Lipinski definition) is 1. The highest BCUT2D eigenvalue weighted by Gasteiger charge is 2.17. The number of nitrogens with one attached hydrogen (secondary N) is 1. The van der Waals surface area contributed by atoms with Gasteiger partial charge in [-0.15, -0.1) is 0 Å². The number of rotatable bonds is 7. The molecule has 5 heteroatoms. The predicted molar refractivity (Wildman–Crippen MR) is 110 cm³/mol. The Labute approximate surface area is 165 Å². The lowest BCUT2D eigenvalue weighted by Gasteiger charge is -2.08. The highest BCUT2D eigenvalue weighted by molar-refractivity contribution is 5.94. The summed E-state index contributed by atoms with van der Waals surface area (Å²) in [5.41, 5.74) is 5.12. The summed E-state index contributed by atoms with van der Waals surface area (Å²) in [5.74, 6) is -0.501. The Kier molecular flexibility index (Phi) is 6.24. The number of unbranched alkanes of at least 4 members (excludes halogenated alkanes) is 2. The number of nitrogens with zero attached hydrogens (tertiary/aromatic N) is 2. The first-order valence-electron chi connectivity index (χ1n) is 9.71. The van der Waals surface area contributed by atoms with E-state index in [1.807, 2.05) is 12.1 Å². The third-order valence-corrected chi connectivity index (χ3v) is 4.88. The monoisotopic (exact) mass is 379 g/mol. The van der Waals surface area contributed by atoms with Crippen molar-refractivity contribution in [3.8, 4) is 16.9 Å². The molecule has 0 aliphatic carbocycles. The maximum atomic E-state index is 13.3. The first kappa shape index (κ1) is 19.8. The van der Waals surface area contributed by atoms with E-state index in [1.54, 1.807) is 22.9 Å². The van der Waals surface area contributed by atoms with Crippen LogP contribution < -0.4 is 5.32 Å². The van der Waals surface area contributed by atoms with Gasteiger partial charge in [0, 0.05) is 12.1 Å². The van der Waals surface area contributed by atoms with Gasteiger partial charge in [0.1, 0.15) is 11.5 Å². The van der Waals surface area contributed by atoms with E-state index in [-0.39, 0.29) is 11.7 Å². The van der Waals surface area contributed by atoms with Gasteiger partial charge in [0.05, 0.1) is 11.4 Å². The molecule has 0 fully saturated rings. The Morgan fingerprint density at radius 2 is 1.79 bits per heavy atom. The van der Waals surface area contributed by atoms with Crippen molar-refractivity contribution in [1.29, 1.82) is 0 Å². The van der Waals surface area contributed by atoms with Crippen molar-refractivity contribution < 1.29 is 9.18 Å². The fraction of sp³-hybridized carbons (Fsp3) is 0.304. The van der Waals surface area contributed by atoms with Crippen molar-refractivity contribution in [3.05, 3.63) is 71.2 Å². The van der Waals surface area contributed by atoms with Crippen LogP contribution >= 0.6 is 0 Å². The summed E-state index contributed by atoms with van der Waals surface area (Å²) in [6.07, 6.45) is 3.11. The van der Waals surface area contributed by atoms with Gasteiger partial charge in [-0.3, -0.25) is 4.79 Å². The number of hydrogen-bond acceptors (Lipinski definition) is 2. The molecule has 0 aliphatic heterocycles. The van der Waals surface area contributed by atoms with Gasteiger partial charge in [0.2, 0.25) is 0 Å². The molecule has 0 spiro atoms. The number of aromatic nitrogens is 2. The molecule has 1 N–H and O–H groups in total. The summed E-state index contributed by atoms with van der Waals surface area (Å²) in [4.78, 5) is 12.8. The molecule has 3 rings (SSSR count). The molecule has 146 valence electrons. The third kappa shape index (κ3) is 4.47. The molecular formula is C23H26FN3O. The molecule has 0 atom stereocenters. The van der Waals surface area contributed by atoms with E-state index >= 15 is 0 Å². The number of benzene rings is 2. The first-order chi connectivity index (χ1) is 13.5. The number of carbonyl (C=O) groups is 1. The zero-order chi connectivity index (χ0) is 20.1. The van der Waals surface area contributed by atoms with E-state index in [9.17, 15) is 9.18 Å². The third-order valence-electron chi connectivity index (χ3n) is 4.88. The molecule has 0 unspecified atom stereocenters.